The Balaban J connectivity index is 2.46. The summed E-state index contributed by atoms with van der Waals surface area (Å²) in [6, 6.07) is 0. The fraction of sp³-hybridized carbons (Fsp3) is 1.00. The highest BCUT2D eigenvalue weighted by atomic mass is 19.4. The average Bonchev–Trinajstić information content (AvgIpc) is 1.86. The van der Waals surface area contributed by atoms with Crippen LogP contribution in [-0.4, -0.2) is 19.3 Å². The van der Waals surface area contributed by atoms with E-state index in [1.807, 2.05) is 0 Å². The molecular formula is C6H10F3N. The van der Waals surface area contributed by atoms with Gasteiger partial charge in [0.1, 0.15) is 0 Å². The number of alkyl halides is 3. The molecule has 1 N–H and O–H groups in total. The molecule has 1 rings (SSSR count). The molecule has 0 bridgehead atoms. The van der Waals surface area contributed by atoms with Gasteiger partial charge in [0.2, 0.25) is 0 Å². The van der Waals surface area contributed by atoms with Crippen molar-refractivity contribution in [3.05, 3.63) is 0 Å². The predicted molar refractivity (Wildman–Crippen MR) is 31.6 cm³/mol. The van der Waals surface area contributed by atoms with E-state index in [0.29, 0.717) is 6.54 Å². The second-order valence-electron chi connectivity index (χ2n) is 2.42. The summed E-state index contributed by atoms with van der Waals surface area (Å²) < 4.78 is 43.1. The Morgan fingerprint density at radius 1 is 1.50 bits per heavy atom. The number of piperidine rings is 1. The molecule has 1 heterocycles. The van der Waals surface area contributed by atoms with Gasteiger partial charge < -0.3 is 5.32 Å². The molecule has 0 aromatic rings. The van der Waals surface area contributed by atoms with Gasteiger partial charge in [-0.2, -0.15) is 13.2 Å². The van der Waals surface area contributed by atoms with Crippen molar-refractivity contribution in [3.63, 3.8) is 0 Å². The lowest BCUT2D eigenvalue weighted by molar-refractivity contribution is -0.177. The predicted octanol–water partition coefficient (Wildman–Crippen LogP) is 1.55. The molecule has 0 amide bonds. The topological polar surface area (TPSA) is 12.0 Å². The first-order chi connectivity index (χ1) is 5.00. The van der Waals surface area contributed by atoms with E-state index in [0.717, 1.165) is 0 Å². The summed E-state index contributed by atoms with van der Waals surface area (Å²) in [5, 5.41) is 2.58. The van der Waals surface area contributed by atoms with Crippen molar-refractivity contribution in [2.24, 2.45) is 5.92 Å². The fourth-order valence-corrected chi connectivity index (χ4v) is 0.977. The van der Waals surface area contributed by atoms with Gasteiger partial charge in [0.05, 0.1) is 5.92 Å². The Morgan fingerprint density at radius 2 is 2.20 bits per heavy atom. The molecule has 4 heteroatoms. The summed E-state index contributed by atoms with van der Waals surface area (Å²) in [6.07, 6.45) is -4.79. The molecule has 1 fully saturated rings. The van der Waals surface area contributed by atoms with Crippen LogP contribution in [0.1, 0.15) is 14.2 Å². The Labute approximate surface area is 59.0 Å². The van der Waals surface area contributed by atoms with E-state index >= 15 is 0 Å². The number of hydrogen-bond donors (Lipinski definition) is 1. The second kappa shape index (κ2) is 2.78. The number of halogens is 3. The molecule has 0 radical (unpaired) electrons. The van der Waals surface area contributed by atoms with Crippen LogP contribution in [0.15, 0.2) is 0 Å². The summed E-state index contributed by atoms with van der Waals surface area (Å²) in [7, 11) is 0. The first kappa shape index (κ1) is 6.46. The zero-order valence-corrected chi connectivity index (χ0v) is 5.41. The van der Waals surface area contributed by atoms with Crippen molar-refractivity contribution in [2.75, 3.05) is 13.1 Å². The SMILES string of the molecule is [2H][C@H]1CNC[C@@H](C(F)(F)F)C1. The largest absolute Gasteiger partial charge is 0.393 e. The average molecular weight is 154 g/mol. The van der Waals surface area contributed by atoms with Crippen LogP contribution in [0.4, 0.5) is 13.2 Å². The van der Waals surface area contributed by atoms with Crippen LogP contribution >= 0.6 is 0 Å². The zero-order valence-electron chi connectivity index (χ0n) is 6.41. The monoisotopic (exact) mass is 154 g/mol. The third kappa shape index (κ3) is 1.87. The van der Waals surface area contributed by atoms with Gasteiger partial charge in [0, 0.05) is 7.92 Å². The molecule has 10 heavy (non-hydrogen) atoms. The quantitative estimate of drug-likeness (QED) is 0.558. The van der Waals surface area contributed by atoms with Crippen LogP contribution < -0.4 is 5.32 Å². The minimum Gasteiger partial charge on any atom is -0.316 e. The molecular weight excluding hydrogens is 143 g/mol. The summed E-state index contributed by atoms with van der Waals surface area (Å²) >= 11 is 0. The van der Waals surface area contributed by atoms with E-state index in [1.165, 1.54) is 0 Å². The van der Waals surface area contributed by atoms with Crippen LogP contribution in [-0.2, 0) is 0 Å². The molecule has 60 valence electrons. The van der Waals surface area contributed by atoms with Crippen molar-refractivity contribution in [3.8, 4) is 0 Å². The Bertz CT molecular complexity index is 136. The van der Waals surface area contributed by atoms with Crippen LogP contribution in [0.25, 0.3) is 0 Å². The van der Waals surface area contributed by atoms with E-state index in [1.54, 1.807) is 0 Å². The highest BCUT2D eigenvalue weighted by Crippen LogP contribution is 2.30. The summed E-state index contributed by atoms with van der Waals surface area (Å²) in [5.74, 6) is -1.32. The third-order valence-corrected chi connectivity index (χ3v) is 1.59. The summed E-state index contributed by atoms with van der Waals surface area (Å²) in [4.78, 5) is 0. The number of rotatable bonds is 0. The minimum atomic E-state index is -4.13. The highest BCUT2D eigenvalue weighted by molar-refractivity contribution is 4.74. The Morgan fingerprint density at radius 3 is 2.60 bits per heavy atom. The molecule has 1 saturated heterocycles. The van der Waals surface area contributed by atoms with Gasteiger partial charge in [-0.3, -0.25) is 0 Å². The Hall–Kier alpha value is -0.250. The second-order valence-corrected chi connectivity index (χ2v) is 2.42. The maximum Gasteiger partial charge on any atom is 0.393 e. The van der Waals surface area contributed by atoms with Crippen LogP contribution in [0.3, 0.4) is 0 Å². The molecule has 1 aliphatic heterocycles. The first-order valence-corrected chi connectivity index (χ1v) is 3.20. The van der Waals surface area contributed by atoms with Gasteiger partial charge in [-0.15, -0.1) is 0 Å². The van der Waals surface area contributed by atoms with E-state index in [4.69, 9.17) is 1.37 Å². The first-order valence-electron chi connectivity index (χ1n) is 3.77. The third-order valence-electron chi connectivity index (χ3n) is 1.59. The van der Waals surface area contributed by atoms with E-state index in [9.17, 15) is 13.2 Å². The van der Waals surface area contributed by atoms with E-state index < -0.39 is 18.5 Å². The summed E-state index contributed by atoms with van der Waals surface area (Å²) in [5.41, 5.74) is 0. The van der Waals surface area contributed by atoms with Gasteiger partial charge >= 0.3 is 6.18 Å². The van der Waals surface area contributed by atoms with Crippen molar-refractivity contribution in [1.82, 2.24) is 5.32 Å². The van der Waals surface area contributed by atoms with Crippen molar-refractivity contribution in [1.29, 1.82) is 0 Å². The van der Waals surface area contributed by atoms with Crippen molar-refractivity contribution < 1.29 is 14.5 Å². The Kier molecular flexibility index (Phi) is 1.80. The maximum absolute atomic E-state index is 12.0. The normalized spacial score (nSPS) is 37.3. The van der Waals surface area contributed by atoms with Crippen molar-refractivity contribution >= 4 is 0 Å². The van der Waals surface area contributed by atoms with Crippen LogP contribution in [0, 0.1) is 5.92 Å². The molecule has 0 aromatic heterocycles. The van der Waals surface area contributed by atoms with Gasteiger partial charge in [0.15, 0.2) is 0 Å². The molecule has 2 atom stereocenters. The highest BCUT2D eigenvalue weighted by Gasteiger charge is 2.39. The lowest BCUT2D eigenvalue weighted by Gasteiger charge is -2.24. The summed E-state index contributed by atoms with van der Waals surface area (Å²) in [6.45, 7) is 0.353. The molecule has 1 aliphatic rings. The minimum absolute atomic E-state index is 0.0289. The maximum atomic E-state index is 12.0. The fourth-order valence-electron chi connectivity index (χ4n) is 0.977. The van der Waals surface area contributed by atoms with Gasteiger partial charge in [-0.05, 0) is 19.4 Å². The molecule has 0 aliphatic carbocycles. The van der Waals surface area contributed by atoms with E-state index in [-0.39, 0.29) is 13.0 Å². The molecule has 0 aromatic carbocycles. The molecule has 0 spiro atoms. The molecule has 1 nitrogen and oxygen atoms in total. The number of hydrogen-bond acceptors (Lipinski definition) is 1. The van der Waals surface area contributed by atoms with E-state index in [2.05, 4.69) is 5.32 Å². The van der Waals surface area contributed by atoms with Gasteiger partial charge in [-0.25, -0.2) is 0 Å². The zero-order chi connectivity index (χ0) is 8.48. The lowest BCUT2D eigenvalue weighted by atomic mass is 9.99. The smallest absolute Gasteiger partial charge is 0.316 e. The van der Waals surface area contributed by atoms with Crippen molar-refractivity contribution in [2.45, 2.75) is 19.0 Å². The van der Waals surface area contributed by atoms with Gasteiger partial charge in [0.25, 0.3) is 0 Å². The number of nitrogens with one attached hydrogen (secondary N) is 1. The van der Waals surface area contributed by atoms with Crippen LogP contribution in [0.5, 0.6) is 0 Å². The molecule has 0 saturated carbocycles. The lowest BCUT2D eigenvalue weighted by Crippen LogP contribution is -2.38. The van der Waals surface area contributed by atoms with Crippen LogP contribution in [0.2, 0.25) is 0 Å². The molecule has 0 unspecified atom stereocenters. The van der Waals surface area contributed by atoms with Gasteiger partial charge in [-0.1, -0.05) is 0 Å². The standard InChI is InChI=1S/C6H10F3N/c7-6(8,9)5-2-1-3-10-4-5/h5,10H,1-4H2/t5-/m0/s1/i1D/t1-,5+/m1.